The molecule has 0 aromatic heterocycles. The summed E-state index contributed by atoms with van der Waals surface area (Å²) in [6.45, 7) is 2.99. The number of likely N-dealkylation sites (tertiary alicyclic amines) is 1. The fourth-order valence-electron chi connectivity index (χ4n) is 1.66. The number of carboxylic acid groups (broad SMARTS) is 1. The summed E-state index contributed by atoms with van der Waals surface area (Å²) in [4.78, 5) is 12.8. The van der Waals surface area contributed by atoms with Gasteiger partial charge in [-0.2, -0.15) is 0 Å². The summed E-state index contributed by atoms with van der Waals surface area (Å²) in [5.74, 6) is -0.808. The van der Waals surface area contributed by atoms with Crippen LogP contribution in [-0.4, -0.2) is 35.6 Å². The van der Waals surface area contributed by atoms with E-state index in [2.05, 4.69) is 4.90 Å². The maximum Gasteiger partial charge on any atom is 0.308 e. The number of carbonyl (C=O) groups is 1. The number of hydrogen-bond acceptors (Lipinski definition) is 2. The summed E-state index contributed by atoms with van der Waals surface area (Å²) < 4.78 is 0. The minimum Gasteiger partial charge on any atom is -0.481 e. The highest BCUT2D eigenvalue weighted by Gasteiger charge is 2.35. The van der Waals surface area contributed by atoms with Crippen LogP contribution in [0.4, 0.5) is 0 Å². The Hall–Kier alpha value is -0.570. The van der Waals surface area contributed by atoms with E-state index < -0.39 is 5.97 Å². The Morgan fingerprint density at radius 3 is 2.55 bits per heavy atom. The predicted molar refractivity (Wildman–Crippen MR) is 42.5 cm³/mol. The van der Waals surface area contributed by atoms with Crippen molar-refractivity contribution in [3.05, 3.63) is 0 Å². The van der Waals surface area contributed by atoms with Crippen LogP contribution in [0, 0.1) is 5.92 Å². The van der Waals surface area contributed by atoms with E-state index in [1.165, 1.54) is 0 Å². The first-order valence-corrected chi connectivity index (χ1v) is 4.09. The highest BCUT2D eigenvalue weighted by atomic mass is 16.4. The Labute approximate surface area is 67.0 Å². The van der Waals surface area contributed by atoms with Crippen LogP contribution in [0.1, 0.15) is 19.8 Å². The summed E-state index contributed by atoms with van der Waals surface area (Å²) in [7, 11) is 1.99. The molecule has 0 aliphatic carbocycles. The molecule has 0 radical (unpaired) electrons. The van der Waals surface area contributed by atoms with Gasteiger partial charge in [0.15, 0.2) is 0 Å². The molecule has 1 heterocycles. The van der Waals surface area contributed by atoms with Crippen LogP contribution in [0.15, 0.2) is 0 Å². The van der Waals surface area contributed by atoms with E-state index in [4.69, 9.17) is 5.11 Å². The van der Waals surface area contributed by atoms with Crippen molar-refractivity contribution in [1.82, 2.24) is 4.90 Å². The van der Waals surface area contributed by atoms with E-state index in [9.17, 15) is 4.79 Å². The number of nitrogens with zero attached hydrogens (tertiary/aromatic N) is 1. The zero-order chi connectivity index (χ0) is 8.43. The first-order valence-electron chi connectivity index (χ1n) is 4.09. The molecule has 1 fully saturated rings. The third kappa shape index (κ3) is 1.53. The van der Waals surface area contributed by atoms with Crippen LogP contribution >= 0.6 is 0 Å². The third-order valence-corrected chi connectivity index (χ3v) is 2.57. The fraction of sp³-hybridized carbons (Fsp3) is 0.875. The predicted octanol–water partition coefficient (Wildman–Crippen LogP) is 0.801. The van der Waals surface area contributed by atoms with Gasteiger partial charge >= 0.3 is 5.97 Å². The Morgan fingerprint density at radius 2 is 2.45 bits per heavy atom. The summed E-state index contributed by atoms with van der Waals surface area (Å²) in [5.41, 5.74) is 0. The molecule has 1 N–H and O–H groups in total. The molecule has 1 aliphatic heterocycles. The van der Waals surface area contributed by atoms with Gasteiger partial charge in [0.1, 0.15) is 0 Å². The van der Waals surface area contributed by atoms with Gasteiger partial charge in [-0.05, 0) is 26.4 Å². The molecule has 11 heavy (non-hydrogen) atoms. The van der Waals surface area contributed by atoms with Crippen molar-refractivity contribution in [2.24, 2.45) is 5.92 Å². The van der Waals surface area contributed by atoms with Crippen molar-refractivity contribution in [1.29, 1.82) is 0 Å². The average Bonchev–Trinajstić information content (AvgIpc) is 1.96. The number of carboxylic acids is 1. The summed E-state index contributed by atoms with van der Waals surface area (Å²) in [5, 5.41) is 8.80. The zero-order valence-electron chi connectivity index (χ0n) is 7.08. The molecule has 0 aromatic rings. The Bertz CT molecular complexity index is 158. The SMILES string of the molecule is CCC(C(=O)O)C1CCN1C. The van der Waals surface area contributed by atoms with Crippen molar-refractivity contribution in [3.8, 4) is 0 Å². The second-order valence-corrected chi connectivity index (χ2v) is 3.19. The molecule has 0 bridgehead atoms. The van der Waals surface area contributed by atoms with Crippen molar-refractivity contribution in [3.63, 3.8) is 0 Å². The van der Waals surface area contributed by atoms with Crippen molar-refractivity contribution >= 4 is 5.97 Å². The standard InChI is InChI=1S/C8H15NO2/c1-3-6(8(10)11)7-4-5-9(7)2/h6-7H,3-5H2,1-2H3,(H,10,11). The number of aliphatic carboxylic acids is 1. The lowest BCUT2D eigenvalue weighted by molar-refractivity contribution is -0.146. The molecular formula is C8H15NO2. The summed E-state index contributed by atoms with van der Waals surface area (Å²) in [6, 6.07) is 0.289. The molecule has 0 saturated carbocycles. The van der Waals surface area contributed by atoms with E-state index in [1.54, 1.807) is 0 Å². The van der Waals surface area contributed by atoms with Crippen LogP contribution in [0.25, 0.3) is 0 Å². The Balaban J connectivity index is 2.48. The normalized spacial score (nSPS) is 27.6. The first-order chi connectivity index (χ1) is 5.16. The lowest BCUT2D eigenvalue weighted by Crippen LogP contribution is -2.51. The van der Waals surface area contributed by atoms with Crippen LogP contribution < -0.4 is 0 Å². The van der Waals surface area contributed by atoms with Gasteiger partial charge in [-0.25, -0.2) is 0 Å². The topological polar surface area (TPSA) is 40.5 Å². The molecule has 0 spiro atoms. The molecule has 1 saturated heterocycles. The minimum absolute atomic E-state index is 0.159. The van der Waals surface area contributed by atoms with Crippen molar-refractivity contribution in [2.45, 2.75) is 25.8 Å². The van der Waals surface area contributed by atoms with E-state index in [1.807, 2.05) is 14.0 Å². The molecule has 0 aromatic carbocycles. The molecule has 0 amide bonds. The Kier molecular flexibility index (Phi) is 2.49. The van der Waals surface area contributed by atoms with Gasteiger partial charge in [0.05, 0.1) is 5.92 Å². The second kappa shape index (κ2) is 3.22. The lowest BCUT2D eigenvalue weighted by atomic mass is 9.88. The van der Waals surface area contributed by atoms with Crippen LogP contribution in [-0.2, 0) is 4.79 Å². The smallest absolute Gasteiger partial charge is 0.308 e. The van der Waals surface area contributed by atoms with E-state index in [-0.39, 0.29) is 12.0 Å². The molecule has 2 unspecified atom stereocenters. The van der Waals surface area contributed by atoms with Gasteiger partial charge in [-0.3, -0.25) is 4.79 Å². The highest BCUT2D eigenvalue weighted by Crippen LogP contribution is 2.24. The maximum atomic E-state index is 10.7. The van der Waals surface area contributed by atoms with Crippen LogP contribution in [0.3, 0.4) is 0 Å². The molecule has 3 heteroatoms. The van der Waals surface area contributed by atoms with Gasteiger partial charge in [0, 0.05) is 6.04 Å². The van der Waals surface area contributed by atoms with Crippen LogP contribution in [0.5, 0.6) is 0 Å². The Morgan fingerprint density at radius 1 is 1.82 bits per heavy atom. The minimum atomic E-state index is -0.649. The molecule has 1 aliphatic rings. The van der Waals surface area contributed by atoms with Crippen LogP contribution in [0.2, 0.25) is 0 Å². The number of rotatable bonds is 3. The van der Waals surface area contributed by atoms with Gasteiger partial charge in [-0.1, -0.05) is 6.92 Å². The second-order valence-electron chi connectivity index (χ2n) is 3.19. The van der Waals surface area contributed by atoms with E-state index in [0.29, 0.717) is 0 Å². The molecule has 64 valence electrons. The summed E-state index contributed by atoms with van der Waals surface area (Å²) >= 11 is 0. The van der Waals surface area contributed by atoms with Crippen molar-refractivity contribution in [2.75, 3.05) is 13.6 Å². The highest BCUT2D eigenvalue weighted by molar-refractivity contribution is 5.71. The molecule has 1 rings (SSSR count). The van der Waals surface area contributed by atoms with Gasteiger partial charge in [0.2, 0.25) is 0 Å². The average molecular weight is 157 g/mol. The maximum absolute atomic E-state index is 10.7. The van der Waals surface area contributed by atoms with Gasteiger partial charge in [-0.15, -0.1) is 0 Å². The molecule has 3 nitrogen and oxygen atoms in total. The van der Waals surface area contributed by atoms with Gasteiger partial charge in [0.25, 0.3) is 0 Å². The monoisotopic (exact) mass is 157 g/mol. The van der Waals surface area contributed by atoms with E-state index in [0.717, 1.165) is 19.4 Å². The lowest BCUT2D eigenvalue weighted by Gasteiger charge is -2.41. The van der Waals surface area contributed by atoms with E-state index >= 15 is 0 Å². The van der Waals surface area contributed by atoms with Gasteiger partial charge < -0.3 is 10.0 Å². The largest absolute Gasteiger partial charge is 0.481 e. The van der Waals surface area contributed by atoms with Crippen molar-refractivity contribution < 1.29 is 9.90 Å². The number of hydrogen-bond donors (Lipinski definition) is 1. The fourth-order valence-corrected chi connectivity index (χ4v) is 1.66. The first kappa shape index (κ1) is 8.53. The molecule has 2 atom stereocenters. The summed E-state index contributed by atoms with van der Waals surface area (Å²) in [6.07, 6.45) is 1.78. The zero-order valence-corrected chi connectivity index (χ0v) is 7.08. The molecular weight excluding hydrogens is 142 g/mol. The quantitative estimate of drug-likeness (QED) is 0.658. The third-order valence-electron chi connectivity index (χ3n) is 2.57.